The van der Waals surface area contributed by atoms with Gasteiger partial charge >= 0.3 is 0 Å². The number of hydrogen-bond acceptors (Lipinski definition) is 4. The number of rotatable bonds is 6. The summed E-state index contributed by atoms with van der Waals surface area (Å²) in [4.78, 5) is 17.6. The fraction of sp³-hybridized carbons (Fsp3) is 0.435. The molecule has 160 valence electrons. The number of benzene rings is 2. The second-order valence-corrected chi connectivity index (χ2v) is 8.33. The van der Waals surface area contributed by atoms with E-state index < -0.39 is 5.82 Å². The number of carbonyl (C=O) groups excluding carboxylic acids is 1. The van der Waals surface area contributed by atoms with Gasteiger partial charge in [0.25, 0.3) is 5.91 Å². The second-order valence-electron chi connectivity index (χ2n) is 7.92. The molecule has 7 heteroatoms. The summed E-state index contributed by atoms with van der Waals surface area (Å²) in [5.74, 6) is -0.00514. The van der Waals surface area contributed by atoms with Crippen LogP contribution < -0.4 is 10.1 Å². The Bertz CT molecular complexity index is 919. The Morgan fingerprint density at radius 3 is 2.77 bits per heavy atom. The minimum absolute atomic E-state index is 0.0101. The third kappa shape index (κ3) is 4.77. The van der Waals surface area contributed by atoms with Gasteiger partial charge in [0.1, 0.15) is 5.75 Å². The van der Waals surface area contributed by atoms with Crippen LogP contribution in [0.4, 0.5) is 4.39 Å². The van der Waals surface area contributed by atoms with Crippen LogP contribution in [0.3, 0.4) is 0 Å². The number of carbonyl (C=O) groups is 1. The Hall–Kier alpha value is -2.15. The summed E-state index contributed by atoms with van der Waals surface area (Å²) in [7, 11) is 1.82. The van der Waals surface area contributed by atoms with Crippen LogP contribution in [-0.2, 0) is 6.54 Å². The fourth-order valence-electron chi connectivity index (χ4n) is 3.95. The summed E-state index contributed by atoms with van der Waals surface area (Å²) in [6, 6.07) is 10.7. The standard InChI is InChI=1S/C23H27ClFN3O2/c1-26-15-17-14-16(6-9-20(17)30-21-5-2-4-19(24)22(21)25)23(29)28-11-3-10-27(12-13-28)18-7-8-18/h2,4-6,9,14,18,26H,3,7-8,10-13,15H2,1H3. The predicted molar refractivity (Wildman–Crippen MR) is 116 cm³/mol. The van der Waals surface area contributed by atoms with Crippen molar-refractivity contribution in [1.82, 2.24) is 15.1 Å². The molecule has 5 nitrogen and oxygen atoms in total. The minimum atomic E-state index is -0.598. The van der Waals surface area contributed by atoms with Gasteiger partial charge in [-0.05, 0) is 56.6 Å². The molecule has 0 spiro atoms. The summed E-state index contributed by atoms with van der Waals surface area (Å²) in [6.45, 7) is 4.03. The molecule has 1 N–H and O–H groups in total. The first-order valence-electron chi connectivity index (χ1n) is 10.5. The highest BCUT2D eigenvalue weighted by atomic mass is 35.5. The molecule has 1 aliphatic carbocycles. The van der Waals surface area contributed by atoms with E-state index in [9.17, 15) is 9.18 Å². The zero-order valence-electron chi connectivity index (χ0n) is 17.2. The number of ether oxygens (including phenoxy) is 1. The third-order valence-corrected chi connectivity index (χ3v) is 5.98. The molecule has 1 aliphatic heterocycles. The van der Waals surface area contributed by atoms with Gasteiger partial charge in [0.15, 0.2) is 11.6 Å². The fourth-order valence-corrected chi connectivity index (χ4v) is 4.12. The molecule has 4 rings (SSSR count). The Labute approximate surface area is 181 Å². The monoisotopic (exact) mass is 431 g/mol. The van der Waals surface area contributed by atoms with Crippen molar-refractivity contribution in [3.05, 3.63) is 58.4 Å². The van der Waals surface area contributed by atoms with E-state index in [0.29, 0.717) is 17.9 Å². The molecule has 1 heterocycles. The highest BCUT2D eigenvalue weighted by molar-refractivity contribution is 6.30. The van der Waals surface area contributed by atoms with Crippen LogP contribution in [0.5, 0.6) is 11.5 Å². The van der Waals surface area contributed by atoms with Gasteiger partial charge in [-0.2, -0.15) is 0 Å². The highest BCUT2D eigenvalue weighted by Gasteiger charge is 2.31. The number of nitrogens with one attached hydrogen (secondary N) is 1. The van der Waals surface area contributed by atoms with Crippen molar-refractivity contribution in [2.75, 3.05) is 33.2 Å². The molecule has 0 unspecified atom stereocenters. The Morgan fingerprint density at radius 1 is 1.17 bits per heavy atom. The van der Waals surface area contributed by atoms with Crippen LogP contribution in [0.25, 0.3) is 0 Å². The molecule has 0 radical (unpaired) electrons. The van der Waals surface area contributed by atoms with Crippen molar-refractivity contribution in [3.63, 3.8) is 0 Å². The Balaban J connectivity index is 1.51. The van der Waals surface area contributed by atoms with Crippen molar-refractivity contribution in [1.29, 1.82) is 0 Å². The predicted octanol–water partition coefficient (Wildman–Crippen LogP) is 4.30. The average molecular weight is 432 g/mol. The van der Waals surface area contributed by atoms with Crippen LogP contribution >= 0.6 is 11.6 Å². The lowest BCUT2D eigenvalue weighted by Crippen LogP contribution is -2.35. The summed E-state index contributed by atoms with van der Waals surface area (Å²) in [5.41, 5.74) is 1.41. The molecule has 1 saturated heterocycles. The zero-order chi connectivity index (χ0) is 21.1. The quantitative estimate of drug-likeness (QED) is 0.740. The van der Waals surface area contributed by atoms with E-state index in [1.54, 1.807) is 18.2 Å². The van der Waals surface area contributed by atoms with E-state index >= 15 is 0 Å². The SMILES string of the molecule is CNCc1cc(C(=O)N2CCCN(C3CC3)CC2)ccc1Oc1cccc(Cl)c1F. The maximum atomic E-state index is 14.2. The molecule has 0 atom stereocenters. The normalized spacial score (nSPS) is 17.6. The molecular formula is C23H27ClFN3O2. The van der Waals surface area contributed by atoms with Gasteiger partial charge in [-0.25, -0.2) is 4.39 Å². The van der Waals surface area contributed by atoms with Crippen molar-refractivity contribution in [3.8, 4) is 11.5 Å². The lowest BCUT2D eigenvalue weighted by molar-refractivity contribution is 0.0761. The first-order valence-corrected chi connectivity index (χ1v) is 10.9. The maximum Gasteiger partial charge on any atom is 0.253 e. The van der Waals surface area contributed by atoms with E-state index in [2.05, 4.69) is 10.2 Å². The molecule has 2 fully saturated rings. The first kappa shape index (κ1) is 21.1. The van der Waals surface area contributed by atoms with Gasteiger partial charge in [-0.1, -0.05) is 17.7 Å². The summed E-state index contributed by atoms with van der Waals surface area (Å²) < 4.78 is 20.0. The van der Waals surface area contributed by atoms with Crippen LogP contribution in [0.1, 0.15) is 35.2 Å². The Kier molecular flexibility index (Phi) is 6.56. The topological polar surface area (TPSA) is 44.8 Å². The molecule has 30 heavy (non-hydrogen) atoms. The summed E-state index contributed by atoms with van der Waals surface area (Å²) in [5, 5.41) is 3.10. The molecule has 0 aromatic heterocycles. The van der Waals surface area contributed by atoms with Crippen molar-refractivity contribution < 1.29 is 13.9 Å². The van der Waals surface area contributed by atoms with Gasteiger partial charge in [0.05, 0.1) is 5.02 Å². The smallest absolute Gasteiger partial charge is 0.253 e. The van der Waals surface area contributed by atoms with Gasteiger partial charge in [-0.15, -0.1) is 0 Å². The van der Waals surface area contributed by atoms with Crippen molar-refractivity contribution in [2.45, 2.75) is 31.8 Å². The minimum Gasteiger partial charge on any atom is -0.454 e. The molecular weight excluding hydrogens is 405 g/mol. The molecule has 2 aliphatic rings. The van der Waals surface area contributed by atoms with Crippen molar-refractivity contribution in [2.24, 2.45) is 0 Å². The summed E-state index contributed by atoms with van der Waals surface area (Å²) >= 11 is 5.86. The van der Waals surface area contributed by atoms with Crippen LogP contribution in [0.2, 0.25) is 5.02 Å². The van der Waals surface area contributed by atoms with E-state index in [1.165, 1.54) is 25.0 Å². The maximum absolute atomic E-state index is 14.2. The van der Waals surface area contributed by atoms with Crippen LogP contribution in [0.15, 0.2) is 36.4 Å². The second kappa shape index (κ2) is 9.33. The largest absolute Gasteiger partial charge is 0.454 e. The average Bonchev–Trinajstić information content (AvgIpc) is 3.58. The van der Waals surface area contributed by atoms with Gasteiger partial charge < -0.3 is 15.0 Å². The number of amides is 1. The third-order valence-electron chi connectivity index (χ3n) is 5.69. The molecule has 2 aromatic rings. The first-order chi connectivity index (χ1) is 14.6. The van der Waals surface area contributed by atoms with Crippen LogP contribution in [-0.4, -0.2) is 55.0 Å². The molecule has 1 saturated carbocycles. The molecule has 0 bridgehead atoms. The Morgan fingerprint density at radius 2 is 2.00 bits per heavy atom. The van der Waals surface area contributed by atoms with E-state index in [4.69, 9.17) is 16.3 Å². The van der Waals surface area contributed by atoms with Gasteiger partial charge in [0.2, 0.25) is 0 Å². The number of hydrogen-bond donors (Lipinski definition) is 1. The number of nitrogens with zero attached hydrogens (tertiary/aromatic N) is 2. The lowest BCUT2D eigenvalue weighted by Gasteiger charge is -2.22. The molecule has 1 amide bonds. The summed E-state index contributed by atoms with van der Waals surface area (Å²) in [6.07, 6.45) is 3.58. The van der Waals surface area contributed by atoms with E-state index in [1.807, 2.05) is 18.0 Å². The zero-order valence-corrected chi connectivity index (χ0v) is 17.9. The highest BCUT2D eigenvalue weighted by Crippen LogP contribution is 2.32. The van der Waals surface area contributed by atoms with Crippen molar-refractivity contribution >= 4 is 17.5 Å². The lowest BCUT2D eigenvalue weighted by atomic mass is 10.1. The van der Waals surface area contributed by atoms with Crippen LogP contribution in [0, 0.1) is 5.82 Å². The van der Waals surface area contributed by atoms with E-state index in [0.717, 1.165) is 44.2 Å². The van der Waals surface area contributed by atoms with Gasteiger partial charge in [0, 0.05) is 49.9 Å². The van der Waals surface area contributed by atoms with E-state index in [-0.39, 0.29) is 16.7 Å². The number of halogens is 2. The van der Waals surface area contributed by atoms with Gasteiger partial charge in [-0.3, -0.25) is 9.69 Å². The molecule has 2 aromatic carbocycles.